The summed E-state index contributed by atoms with van der Waals surface area (Å²) in [4.78, 5) is 0. The predicted octanol–water partition coefficient (Wildman–Crippen LogP) is 5.40. The van der Waals surface area contributed by atoms with E-state index in [0.717, 1.165) is 5.92 Å². The van der Waals surface area contributed by atoms with E-state index < -0.39 is 0 Å². The van der Waals surface area contributed by atoms with Crippen LogP contribution in [-0.4, -0.2) is 11.6 Å². The molecular formula is C17H37N. The molecule has 1 atom stereocenters. The lowest BCUT2D eigenvalue weighted by atomic mass is 9.75. The summed E-state index contributed by atoms with van der Waals surface area (Å²) in [6.45, 7) is 18.8. The zero-order chi connectivity index (χ0) is 14.4. The molecule has 110 valence electrons. The number of hydrogen-bond acceptors (Lipinski definition) is 1. The van der Waals surface area contributed by atoms with E-state index in [-0.39, 0.29) is 5.54 Å². The van der Waals surface area contributed by atoms with E-state index in [2.05, 4.69) is 60.7 Å². The lowest BCUT2D eigenvalue weighted by Gasteiger charge is -2.38. The van der Waals surface area contributed by atoms with Crippen LogP contribution >= 0.6 is 0 Å². The Bertz CT molecular complexity index is 216. The molecule has 18 heavy (non-hydrogen) atoms. The Morgan fingerprint density at radius 2 is 1.56 bits per heavy atom. The number of nitrogens with one attached hydrogen (secondary N) is 1. The lowest BCUT2D eigenvalue weighted by molar-refractivity contribution is 0.174. The summed E-state index contributed by atoms with van der Waals surface area (Å²) in [5, 5.41) is 3.89. The van der Waals surface area contributed by atoms with E-state index in [9.17, 15) is 0 Å². The van der Waals surface area contributed by atoms with Crippen molar-refractivity contribution in [3.05, 3.63) is 0 Å². The maximum absolute atomic E-state index is 3.89. The predicted molar refractivity (Wildman–Crippen MR) is 84.1 cm³/mol. The van der Waals surface area contributed by atoms with Crippen molar-refractivity contribution in [3.63, 3.8) is 0 Å². The highest BCUT2D eigenvalue weighted by molar-refractivity contribution is 4.86. The summed E-state index contributed by atoms with van der Waals surface area (Å²) in [6.07, 6.45) is 6.40. The van der Waals surface area contributed by atoms with Crippen LogP contribution in [0.2, 0.25) is 0 Å². The van der Waals surface area contributed by atoms with Gasteiger partial charge in [0.1, 0.15) is 0 Å². The minimum atomic E-state index is 0.281. The van der Waals surface area contributed by atoms with Gasteiger partial charge in [0.2, 0.25) is 0 Å². The molecule has 0 rings (SSSR count). The van der Waals surface area contributed by atoms with Crippen molar-refractivity contribution in [1.82, 2.24) is 5.32 Å². The Hall–Kier alpha value is -0.0400. The molecule has 0 aliphatic carbocycles. The zero-order valence-corrected chi connectivity index (χ0v) is 14.2. The van der Waals surface area contributed by atoms with Gasteiger partial charge in [-0.05, 0) is 44.4 Å². The normalized spacial score (nSPS) is 15.2. The summed E-state index contributed by atoms with van der Waals surface area (Å²) in [6, 6.07) is 0.647. The Kier molecular flexibility index (Phi) is 7.51. The Morgan fingerprint density at radius 3 is 1.94 bits per heavy atom. The molecule has 0 aromatic rings. The molecule has 0 fully saturated rings. The first-order valence-electron chi connectivity index (χ1n) is 7.92. The first-order valence-corrected chi connectivity index (χ1v) is 7.92. The molecule has 0 aromatic carbocycles. The monoisotopic (exact) mass is 255 g/mol. The van der Waals surface area contributed by atoms with Gasteiger partial charge in [-0.3, -0.25) is 0 Å². The van der Waals surface area contributed by atoms with Crippen molar-refractivity contribution in [2.45, 2.75) is 99.1 Å². The smallest absolute Gasteiger partial charge is 0.0127 e. The maximum Gasteiger partial charge on any atom is 0.0127 e. The standard InChI is InChI=1S/C17H37N/c1-9-11-12-17(7,8)18-15(10-2)13-16(5,6)14(3)4/h14-15,18H,9-13H2,1-8H3. The van der Waals surface area contributed by atoms with Crippen LogP contribution in [0.1, 0.15) is 87.5 Å². The molecule has 0 aliphatic heterocycles. The van der Waals surface area contributed by atoms with E-state index in [0.29, 0.717) is 11.5 Å². The van der Waals surface area contributed by atoms with Crippen molar-refractivity contribution >= 4 is 0 Å². The summed E-state index contributed by atoms with van der Waals surface area (Å²) in [5.74, 6) is 0.743. The molecule has 0 bridgehead atoms. The van der Waals surface area contributed by atoms with E-state index in [4.69, 9.17) is 0 Å². The molecule has 0 radical (unpaired) electrons. The van der Waals surface area contributed by atoms with Crippen molar-refractivity contribution in [3.8, 4) is 0 Å². The van der Waals surface area contributed by atoms with Crippen molar-refractivity contribution in [2.24, 2.45) is 11.3 Å². The minimum absolute atomic E-state index is 0.281. The van der Waals surface area contributed by atoms with Gasteiger partial charge in [0.05, 0.1) is 0 Å². The van der Waals surface area contributed by atoms with E-state index in [1.807, 2.05) is 0 Å². The second-order valence-corrected chi connectivity index (χ2v) is 7.58. The average Bonchev–Trinajstić information content (AvgIpc) is 2.24. The minimum Gasteiger partial charge on any atom is -0.309 e. The summed E-state index contributed by atoms with van der Waals surface area (Å²) >= 11 is 0. The molecule has 0 amide bonds. The van der Waals surface area contributed by atoms with Gasteiger partial charge in [-0.2, -0.15) is 0 Å². The highest BCUT2D eigenvalue weighted by Gasteiger charge is 2.28. The Morgan fingerprint density at radius 1 is 1.00 bits per heavy atom. The largest absolute Gasteiger partial charge is 0.309 e. The fraction of sp³-hybridized carbons (Fsp3) is 1.00. The molecule has 0 spiro atoms. The Balaban J connectivity index is 4.42. The van der Waals surface area contributed by atoms with E-state index in [1.54, 1.807) is 0 Å². The summed E-state index contributed by atoms with van der Waals surface area (Å²) in [5.41, 5.74) is 0.707. The molecule has 1 heteroatoms. The van der Waals surface area contributed by atoms with Crippen LogP contribution in [0.5, 0.6) is 0 Å². The highest BCUT2D eigenvalue weighted by Crippen LogP contribution is 2.32. The highest BCUT2D eigenvalue weighted by atomic mass is 15.0. The fourth-order valence-corrected chi connectivity index (χ4v) is 2.41. The first kappa shape index (κ1) is 18.0. The van der Waals surface area contributed by atoms with Gasteiger partial charge in [0, 0.05) is 11.6 Å². The van der Waals surface area contributed by atoms with Crippen molar-refractivity contribution in [1.29, 1.82) is 0 Å². The second kappa shape index (κ2) is 7.53. The number of rotatable bonds is 9. The average molecular weight is 255 g/mol. The van der Waals surface area contributed by atoms with Gasteiger partial charge >= 0.3 is 0 Å². The molecule has 0 saturated heterocycles. The van der Waals surface area contributed by atoms with Gasteiger partial charge in [-0.1, -0.05) is 54.4 Å². The van der Waals surface area contributed by atoms with E-state index >= 15 is 0 Å². The third-order valence-electron chi connectivity index (χ3n) is 4.58. The summed E-state index contributed by atoms with van der Waals surface area (Å²) < 4.78 is 0. The van der Waals surface area contributed by atoms with Crippen LogP contribution in [0.15, 0.2) is 0 Å². The zero-order valence-electron chi connectivity index (χ0n) is 14.2. The third-order valence-corrected chi connectivity index (χ3v) is 4.58. The number of hydrogen-bond donors (Lipinski definition) is 1. The molecule has 1 unspecified atom stereocenters. The van der Waals surface area contributed by atoms with Gasteiger partial charge < -0.3 is 5.32 Å². The van der Waals surface area contributed by atoms with Crippen molar-refractivity contribution in [2.75, 3.05) is 0 Å². The van der Waals surface area contributed by atoms with Gasteiger partial charge in [0.25, 0.3) is 0 Å². The SMILES string of the molecule is CCCCC(C)(C)NC(CC)CC(C)(C)C(C)C. The molecule has 0 aromatic heterocycles. The summed E-state index contributed by atoms with van der Waals surface area (Å²) in [7, 11) is 0. The molecule has 0 heterocycles. The fourth-order valence-electron chi connectivity index (χ4n) is 2.41. The third kappa shape index (κ3) is 6.78. The van der Waals surface area contributed by atoms with Crippen LogP contribution in [0.25, 0.3) is 0 Å². The van der Waals surface area contributed by atoms with Gasteiger partial charge in [-0.25, -0.2) is 0 Å². The molecule has 0 aliphatic rings. The first-order chi connectivity index (χ1) is 8.14. The van der Waals surface area contributed by atoms with E-state index in [1.165, 1.54) is 32.1 Å². The molecular weight excluding hydrogens is 218 g/mol. The van der Waals surface area contributed by atoms with Crippen molar-refractivity contribution < 1.29 is 0 Å². The van der Waals surface area contributed by atoms with Crippen LogP contribution in [-0.2, 0) is 0 Å². The van der Waals surface area contributed by atoms with Crippen LogP contribution in [0, 0.1) is 11.3 Å². The lowest BCUT2D eigenvalue weighted by Crippen LogP contribution is -2.47. The Labute approximate surface area is 116 Å². The topological polar surface area (TPSA) is 12.0 Å². The molecule has 0 saturated carbocycles. The maximum atomic E-state index is 3.89. The van der Waals surface area contributed by atoms with Crippen LogP contribution in [0.3, 0.4) is 0 Å². The van der Waals surface area contributed by atoms with Crippen LogP contribution in [0.4, 0.5) is 0 Å². The molecule has 1 N–H and O–H groups in total. The second-order valence-electron chi connectivity index (χ2n) is 7.58. The number of unbranched alkanes of at least 4 members (excludes halogenated alkanes) is 1. The van der Waals surface area contributed by atoms with Gasteiger partial charge in [-0.15, -0.1) is 0 Å². The van der Waals surface area contributed by atoms with Crippen LogP contribution < -0.4 is 5.32 Å². The quantitative estimate of drug-likeness (QED) is 0.582. The van der Waals surface area contributed by atoms with Gasteiger partial charge in [0.15, 0.2) is 0 Å². The molecule has 1 nitrogen and oxygen atoms in total.